The summed E-state index contributed by atoms with van der Waals surface area (Å²) in [7, 11) is 0. The zero-order valence-electron chi connectivity index (χ0n) is 10.9. The zero-order valence-corrected chi connectivity index (χ0v) is 13.2. The van der Waals surface area contributed by atoms with Gasteiger partial charge in [0.15, 0.2) is 6.61 Å². The molecule has 0 amide bonds. The minimum Gasteiger partial charge on any atom is -0.478 e. The second-order valence-electron chi connectivity index (χ2n) is 4.18. The normalized spacial score (nSPS) is 10.3. The standard InChI is InChI=1S/C14H8BrClFNO4/c15-10-2-1-3-12(18(20)21)14(10)22-7-13(19)9-5-4-8(16)6-11(9)17/h1-6H,7H2. The fourth-order valence-electron chi connectivity index (χ4n) is 1.72. The van der Waals surface area contributed by atoms with Crippen LogP contribution in [0.1, 0.15) is 10.4 Å². The average molecular weight is 389 g/mol. The van der Waals surface area contributed by atoms with Crippen molar-refractivity contribution in [2.24, 2.45) is 0 Å². The number of benzene rings is 2. The molecule has 0 radical (unpaired) electrons. The lowest BCUT2D eigenvalue weighted by molar-refractivity contribution is -0.385. The molecule has 2 aromatic carbocycles. The van der Waals surface area contributed by atoms with E-state index in [2.05, 4.69) is 15.9 Å². The summed E-state index contributed by atoms with van der Waals surface area (Å²) >= 11 is 8.72. The molecule has 0 N–H and O–H groups in total. The van der Waals surface area contributed by atoms with E-state index < -0.39 is 23.1 Å². The first-order valence-corrected chi connectivity index (χ1v) is 7.11. The summed E-state index contributed by atoms with van der Waals surface area (Å²) < 4.78 is 19.2. The van der Waals surface area contributed by atoms with Gasteiger partial charge in [0.2, 0.25) is 11.5 Å². The van der Waals surface area contributed by atoms with Crippen molar-refractivity contribution in [3.63, 3.8) is 0 Å². The van der Waals surface area contributed by atoms with Gasteiger partial charge in [0.1, 0.15) is 5.82 Å². The van der Waals surface area contributed by atoms with Crippen LogP contribution in [0.2, 0.25) is 5.02 Å². The predicted octanol–water partition coefficient (Wildman–Crippen LogP) is 4.41. The van der Waals surface area contributed by atoms with Gasteiger partial charge in [-0.15, -0.1) is 0 Å². The highest BCUT2D eigenvalue weighted by Gasteiger charge is 2.20. The molecule has 0 saturated heterocycles. The molecular weight excluding hydrogens is 381 g/mol. The van der Waals surface area contributed by atoms with Gasteiger partial charge >= 0.3 is 5.69 Å². The number of para-hydroxylation sites is 1. The minimum absolute atomic E-state index is 0.0878. The van der Waals surface area contributed by atoms with Crippen molar-refractivity contribution in [1.29, 1.82) is 0 Å². The lowest BCUT2D eigenvalue weighted by Crippen LogP contribution is -2.14. The SMILES string of the molecule is O=C(COc1c(Br)cccc1[N+](=O)[O-])c1ccc(Cl)cc1F. The summed E-state index contributed by atoms with van der Waals surface area (Å²) in [5, 5.41) is 11.1. The van der Waals surface area contributed by atoms with Crippen molar-refractivity contribution in [2.45, 2.75) is 0 Å². The first-order valence-electron chi connectivity index (χ1n) is 5.94. The van der Waals surface area contributed by atoms with Crippen molar-refractivity contribution in [1.82, 2.24) is 0 Å². The molecule has 114 valence electrons. The van der Waals surface area contributed by atoms with Crippen molar-refractivity contribution in [2.75, 3.05) is 6.61 Å². The quantitative estimate of drug-likeness (QED) is 0.432. The summed E-state index contributed by atoms with van der Waals surface area (Å²) in [6.07, 6.45) is 0. The molecule has 0 saturated carbocycles. The Balaban J connectivity index is 2.20. The topological polar surface area (TPSA) is 69.4 Å². The summed E-state index contributed by atoms with van der Waals surface area (Å²) in [5.41, 5.74) is -0.488. The minimum atomic E-state index is -0.775. The number of ether oxygens (including phenoxy) is 1. The Morgan fingerprint density at radius 2 is 2.09 bits per heavy atom. The van der Waals surface area contributed by atoms with E-state index in [1.807, 2.05) is 0 Å². The molecular formula is C14H8BrClFNO4. The molecule has 0 aliphatic rings. The second-order valence-corrected chi connectivity index (χ2v) is 5.47. The maximum Gasteiger partial charge on any atom is 0.312 e. The number of halogens is 3. The van der Waals surface area contributed by atoms with Gasteiger partial charge in [0.25, 0.3) is 0 Å². The molecule has 0 bridgehead atoms. The van der Waals surface area contributed by atoms with Crippen LogP contribution in [0.5, 0.6) is 5.75 Å². The maximum atomic E-state index is 13.6. The van der Waals surface area contributed by atoms with E-state index in [0.29, 0.717) is 4.47 Å². The van der Waals surface area contributed by atoms with E-state index in [0.717, 1.165) is 6.07 Å². The van der Waals surface area contributed by atoms with Crippen molar-refractivity contribution in [3.05, 3.63) is 67.4 Å². The smallest absolute Gasteiger partial charge is 0.312 e. The highest BCUT2D eigenvalue weighted by Crippen LogP contribution is 2.34. The van der Waals surface area contributed by atoms with E-state index in [4.69, 9.17) is 16.3 Å². The average Bonchev–Trinajstić information content (AvgIpc) is 2.45. The number of nitrogens with zero attached hydrogens (tertiary/aromatic N) is 1. The molecule has 2 rings (SSSR count). The predicted molar refractivity (Wildman–Crippen MR) is 82.0 cm³/mol. The molecule has 0 aliphatic carbocycles. The first-order chi connectivity index (χ1) is 10.4. The van der Waals surface area contributed by atoms with Crippen LogP contribution < -0.4 is 4.74 Å². The third-order valence-electron chi connectivity index (χ3n) is 2.72. The van der Waals surface area contributed by atoms with Gasteiger partial charge in [-0.25, -0.2) is 4.39 Å². The van der Waals surface area contributed by atoms with E-state index >= 15 is 0 Å². The van der Waals surface area contributed by atoms with Crippen LogP contribution in [0, 0.1) is 15.9 Å². The molecule has 0 aliphatic heterocycles. The zero-order chi connectivity index (χ0) is 16.3. The lowest BCUT2D eigenvalue weighted by Gasteiger charge is -2.08. The molecule has 0 aromatic heterocycles. The fourth-order valence-corrected chi connectivity index (χ4v) is 2.34. The van der Waals surface area contributed by atoms with E-state index in [9.17, 15) is 19.3 Å². The number of Topliss-reactive ketones (excluding diaryl/α,β-unsaturated/α-hetero) is 1. The Bertz CT molecular complexity index is 754. The number of hydrogen-bond donors (Lipinski definition) is 0. The number of ketones is 1. The summed E-state index contributed by atoms with van der Waals surface area (Å²) in [6, 6.07) is 7.87. The number of hydrogen-bond acceptors (Lipinski definition) is 4. The molecule has 0 fully saturated rings. The third kappa shape index (κ3) is 3.61. The van der Waals surface area contributed by atoms with E-state index in [1.165, 1.54) is 30.3 Å². The van der Waals surface area contributed by atoms with Crippen molar-refractivity contribution in [3.8, 4) is 5.75 Å². The van der Waals surface area contributed by atoms with Crippen LogP contribution in [-0.2, 0) is 0 Å². The van der Waals surface area contributed by atoms with Gasteiger partial charge in [-0.05, 0) is 40.2 Å². The van der Waals surface area contributed by atoms with Gasteiger partial charge < -0.3 is 4.74 Å². The van der Waals surface area contributed by atoms with Crippen molar-refractivity contribution < 1.29 is 18.8 Å². The van der Waals surface area contributed by atoms with Crippen LogP contribution in [0.25, 0.3) is 0 Å². The Labute approximate surface area is 137 Å². The number of rotatable bonds is 5. The van der Waals surface area contributed by atoms with E-state index in [1.54, 1.807) is 0 Å². The van der Waals surface area contributed by atoms with Crippen LogP contribution in [0.3, 0.4) is 0 Å². The second kappa shape index (κ2) is 6.85. The molecule has 5 nitrogen and oxygen atoms in total. The monoisotopic (exact) mass is 387 g/mol. The lowest BCUT2D eigenvalue weighted by atomic mass is 10.1. The molecule has 0 heterocycles. The van der Waals surface area contributed by atoms with Crippen LogP contribution in [-0.4, -0.2) is 17.3 Å². The Morgan fingerprint density at radius 3 is 2.73 bits per heavy atom. The summed E-state index contributed by atoms with van der Waals surface area (Å²) in [5.74, 6) is -1.52. The van der Waals surface area contributed by atoms with Gasteiger partial charge in [0.05, 0.1) is 15.0 Å². The summed E-state index contributed by atoms with van der Waals surface area (Å²) in [4.78, 5) is 22.2. The highest BCUT2D eigenvalue weighted by atomic mass is 79.9. The molecule has 0 unspecified atom stereocenters. The van der Waals surface area contributed by atoms with Crippen LogP contribution >= 0.6 is 27.5 Å². The number of nitro groups is 1. The molecule has 8 heteroatoms. The van der Waals surface area contributed by atoms with Crippen LogP contribution in [0.4, 0.5) is 10.1 Å². The molecule has 0 atom stereocenters. The van der Waals surface area contributed by atoms with Crippen molar-refractivity contribution >= 4 is 39.0 Å². The first kappa shape index (κ1) is 16.4. The molecule has 22 heavy (non-hydrogen) atoms. The number of nitro benzene ring substituents is 1. The summed E-state index contributed by atoms with van der Waals surface area (Å²) in [6.45, 7) is -0.540. The van der Waals surface area contributed by atoms with E-state index in [-0.39, 0.29) is 22.0 Å². The Hall–Kier alpha value is -1.99. The molecule has 0 spiro atoms. The van der Waals surface area contributed by atoms with Gasteiger partial charge in [-0.3, -0.25) is 14.9 Å². The Morgan fingerprint density at radius 1 is 1.36 bits per heavy atom. The van der Waals surface area contributed by atoms with Gasteiger partial charge in [0, 0.05) is 11.1 Å². The third-order valence-corrected chi connectivity index (χ3v) is 3.58. The maximum absolute atomic E-state index is 13.6. The highest BCUT2D eigenvalue weighted by molar-refractivity contribution is 9.10. The fraction of sp³-hybridized carbons (Fsp3) is 0.0714. The van der Waals surface area contributed by atoms with Gasteiger partial charge in [-0.1, -0.05) is 17.7 Å². The van der Waals surface area contributed by atoms with Gasteiger partial charge in [-0.2, -0.15) is 0 Å². The number of carbonyl (C=O) groups is 1. The largest absolute Gasteiger partial charge is 0.478 e. The molecule has 2 aromatic rings. The van der Waals surface area contributed by atoms with Crippen LogP contribution in [0.15, 0.2) is 40.9 Å². The number of carbonyl (C=O) groups excluding carboxylic acids is 1. The Kier molecular flexibility index (Phi) is 5.10.